The van der Waals surface area contributed by atoms with Gasteiger partial charge in [-0.25, -0.2) is 0 Å². The number of aliphatic hydroxyl groups excluding tert-OH is 2. The van der Waals surface area contributed by atoms with Crippen molar-refractivity contribution in [3.63, 3.8) is 0 Å². The molecule has 14 nitrogen and oxygen atoms in total. The number of fused-ring (bicyclic) bond motifs is 1. The highest BCUT2D eigenvalue weighted by molar-refractivity contribution is 8.38. The highest BCUT2D eigenvalue weighted by atomic mass is 32.3. The van der Waals surface area contributed by atoms with Gasteiger partial charge in [0.25, 0.3) is 5.91 Å². The van der Waals surface area contributed by atoms with Crippen LogP contribution in [-0.2, 0) is 33.3 Å². The third-order valence-electron chi connectivity index (χ3n) is 12.1. The highest BCUT2D eigenvalue weighted by Gasteiger charge is 2.90. The molecule has 4 fully saturated rings. The lowest BCUT2D eigenvalue weighted by Crippen LogP contribution is -2.90. The summed E-state index contributed by atoms with van der Waals surface area (Å²) in [5, 5.41) is 45.3. The van der Waals surface area contributed by atoms with Gasteiger partial charge in [0.1, 0.15) is 36.5 Å². The number of methoxy groups -OCH3 is 2. The van der Waals surface area contributed by atoms with Crippen LogP contribution in [0.3, 0.4) is 0 Å². The third kappa shape index (κ3) is 8.82. The van der Waals surface area contributed by atoms with Crippen LogP contribution in [-0.4, -0.2) is 123 Å². The molecular weight excluding hydrogens is 819 g/mol. The Morgan fingerprint density at radius 1 is 0.968 bits per heavy atom. The Morgan fingerprint density at radius 3 is 2.02 bits per heavy atom. The number of aldehydes is 2. The molecule has 4 aliphatic heterocycles. The highest BCUT2D eigenvalue weighted by Crippen LogP contribution is 2.92. The van der Waals surface area contributed by atoms with E-state index in [1.54, 1.807) is 62.6 Å². The summed E-state index contributed by atoms with van der Waals surface area (Å²) in [6.45, 7) is 9.35. The van der Waals surface area contributed by atoms with E-state index in [-0.39, 0.29) is 32.1 Å². The number of carboxylic acid groups (broad SMARTS) is 1. The number of carboxylic acids is 1. The van der Waals surface area contributed by atoms with Crippen LogP contribution < -0.4 is 5.32 Å². The number of hydrogen-bond acceptors (Lipinski definition) is 12. The molecule has 5 N–H and O–H groups in total. The predicted octanol–water partition coefficient (Wildman–Crippen LogP) is 5.53. The summed E-state index contributed by atoms with van der Waals surface area (Å²) in [6.07, 6.45) is -0.0243. The quantitative estimate of drug-likeness (QED) is 0.0964. The maximum absolute atomic E-state index is 13.7. The molecule has 1 aliphatic carbocycles. The van der Waals surface area contributed by atoms with Gasteiger partial charge in [-0.3, -0.25) is 19.2 Å². The van der Waals surface area contributed by atoms with Crippen molar-refractivity contribution in [2.75, 3.05) is 27.6 Å². The van der Waals surface area contributed by atoms with Crippen molar-refractivity contribution in [3.8, 4) is 0 Å². The van der Waals surface area contributed by atoms with Gasteiger partial charge in [-0.2, -0.15) is 10.0 Å². The molecule has 4 heterocycles. The largest absolute Gasteiger partial charge is 0.481 e. The second kappa shape index (κ2) is 21.7. The zero-order valence-electron chi connectivity index (χ0n) is 36.4. The van der Waals surface area contributed by atoms with Gasteiger partial charge in [0.05, 0.1) is 41.3 Å². The summed E-state index contributed by atoms with van der Waals surface area (Å²) in [5.74, 6) is -1.63. The van der Waals surface area contributed by atoms with Crippen molar-refractivity contribution >= 4 is 40.3 Å². The Kier molecular flexibility index (Phi) is 17.5. The predicted molar refractivity (Wildman–Crippen MR) is 235 cm³/mol. The number of benzene rings is 3. The van der Waals surface area contributed by atoms with E-state index in [1.807, 2.05) is 63.2 Å². The van der Waals surface area contributed by atoms with E-state index in [0.717, 1.165) is 29.3 Å². The van der Waals surface area contributed by atoms with Crippen molar-refractivity contribution in [1.82, 2.24) is 5.32 Å². The number of hydrogen-bond donors (Lipinski definition) is 5. The van der Waals surface area contributed by atoms with Gasteiger partial charge in [0.2, 0.25) is 0 Å². The van der Waals surface area contributed by atoms with Crippen molar-refractivity contribution in [1.29, 1.82) is 0 Å². The van der Waals surface area contributed by atoms with Crippen LogP contribution in [0.5, 0.6) is 0 Å². The second-order valence-electron chi connectivity index (χ2n) is 15.3. The molecule has 0 saturated carbocycles. The zero-order chi connectivity index (χ0) is 45.9. The summed E-state index contributed by atoms with van der Waals surface area (Å²) in [6, 6.07) is 26.4. The van der Waals surface area contributed by atoms with Crippen LogP contribution >= 0.6 is 10.0 Å². The summed E-state index contributed by atoms with van der Waals surface area (Å²) in [4.78, 5) is 54.7. The Morgan fingerprint density at radius 2 is 1.53 bits per heavy atom. The molecule has 15 heteroatoms. The Hall–Kier alpha value is -4.58. The molecule has 1 spiro atoms. The van der Waals surface area contributed by atoms with Crippen molar-refractivity contribution in [2.24, 2.45) is 0 Å². The monoisotopic (exact) mass is 879 g/mol. The molecule has 0 bridgehead atoms. The molecule has 0 aromatic heterocycles. The molecule has 4 saturated heterocycles. The molecule has 62 heavy (non-hydrogen) atoms. The Bertz CT molecular complexity index is 2020. The molecule has 5 aliphatic rings. The number of allylic oxidation sites excluding steroid dienone is 1. The first-order chi connectivity index (χ1) is 29.7. The molecule has 2 unspecified atom stereocenters. The molecule has 338 valence electrons. The standard InChI is InChI=1S/C20H30O8S.C16H15NO3.C7H6O.C2H4O.C2H6/c1-10-5-6-19(24)16-13(10)14(22)15(23)18(2)11(21)7-12-20(8-27-12,28-9-25-3)29(16,18)17(19)26-4;18-15(19)11-14(12-7-3-1-4-8-12)17-16(20)13-9-5-2-6-10-13;8-6-7-4-2-1-3-5-7;1-2-3;1-2/h11-12,14,16-17,21-22,24H,5-9H2,1-4H3;1-10,14H,11H2,(H,17,20)(H,18,19);1-6H;2H,1H3;1-2H3/t11-,12+,14+,16?,17-,18-,19-,20+;14-;;;/m01.../s1. The molecule has 1 amide bonds. The maximum Gasteiger partial charge on any atom is 0.305 e. The molecule has 3 aromatic rings. The van der Waals surface area contributed by atoms with Crippen LogP contribution in [0.2, 0.25) is 0 Å². The molecule has 3 aromatic carbocycles. The van der Waals surface area contributed by atoms with Crippen LogP contribution in [0.1, 0.15) is 92.6 Å². The molecule has 8 rings (SSSR count). The minimum Gasteiger partial charge on any atom is -0.481 e. The summed E-state index contributed by atoms with van der Waals surface area (Å²) < 4.78 is 22.0. The number of carbonyl (C=O) groups is 5. The zero-order valence-corrected chi connectivity index (χ0v) is 37.2. The lowest BCUT2D eigenvalue weighted by molar-refractivity contribution is -0.259. The van der Waals surface area contributed by atoms with Crippen molar-refractivity contribution in [3.05, 3.63) is 119 Å². The van der Waals surface area contributed by atoms with E-state index in [1.165, 1.54) is 14.0 Å². The van der Waals surface area contributed by atoms with Gasteiger partial charge in [-0.1, -0.05) is 98.3 Å². The number of amides is 1. The molecule has 10 atom stereocenters. The second-order valence-corrected chi connectivity index (χ2v) is 19.2. The van der Waals surface area contributed by atoms with Gasteiger partial charge in [0.15, 0.2) is 10.7 Å². The first-order valence-corrected chi connectivity index (χ1v) is 22.4. The van der Waals surface area contributed by atoms with Crippen molar-refractivity contribution in [2.45, 2.75) is 111 Å². The molecule has 0 radical (unpaired) electrons. The lowest BCUT2D eigenvalue weighted by atomic mass is 9.73. The number of Topliss-reactive ketones (excluding diaryl/α,β-unsaturated/α-hetero) is 1. The SMILES string of the molecule is CC.CC=O.COCO[C@@]12CO[C@@H]1C[C@H](O)[C@@]1(C)C(=O)[C@H](O)C3=C(C)CC[C@]4(O)C3S21[C@@H]4OC.O=C(O)C[C@@H](NC(=O)c1ccccc1)c1ccccc1.O=Cc1ccccc1. The minimum absolute atomic E-state index is 0.0111. The summed E-state index contributed by atoms with van der Waals surface area (Å²) >= 11 is 0. The van der Waals surface area contributed by atoms with E-state index in [2.05, 4.69) is 5.32 Å². The fraction of sp³-hybridized carbons (Fsp3) is 0.468. The molecular formula is C47H61NO13S. The van der Waals surface area contributed by atoms with Gasteiger partial charge in [-0.15, -0.1) is 0 Å². The lowest BCUT2D eigenvalue weighted by Gasteiger charge is -2.86. The number of aliphatic hydroxyl groups is 3. The smallest absolute Gasteiger partial charge is 0.305 e. The Labute approximate surface area is 364 Å². The van der Waals surface area contributed by atoms with Crippen LogP contribution in [0.15, 0.2) is 102 Å². The van der Waals surface area contributed by atoms with E-state index in [4.69, 9.17) is 28.8 Å². The van der Waals surface area contributed by atoms with E-state index in [9.17, 15) is 34.5 Å². The fourth-order valence-electron chi connectivity index (χ4n) is 9.39. The number of nitrogens with one attached hydrogen (secondary N) is 1. The van der Waals surface area contributed by atoms with E-state index >= 15 is 0 Å². The number of ether oxygens (including phenoxy) is 4. The van der Waals surface area contributed by atoms with Gasteiger partial charge in [-0.05, 0) is 56.9 Å². The average molecular weight is 880 g/mol. The fourth-order valence-corrected chi connectivity index (χ4v) is 16.7. The normalized spacial score (nSPS) is 32.1. The van der Waals surface area contributed by atoms with Crippen molar-refractivity contribution < 1.29 is 63.3 Å². The first kappa shape index (κ1) is 50.1. The van der Waals surface area contributed by atoms with Gasteiger partial charge in [0, 0.05) is 31.8 Å². The van der Waals surface area contributed by atoms with E-state index < -0.39 is 72.1 Å². The van der Waals surface area contributed by atoms with Gasteiger partial charge < -0.3 is 49.5 Å². The van der Waals surface area contributed by atoms with Crippen LogP contribution in [0.4, 0.5) is 0 Å². The minimum atomic E-state index is -2.34. The number of aliphatic carboxylic acids is 1. The Balaban J connectivity index is 0.000000221. The number of rotatable bonds is 10. The summed E-state index contributed by atoms with van der Waals surface area (Å²) in [7, 11) is 0.732. The van der Waals surface area contributed by atoms with Gasteiger partial charge >= 0.3 is 5.97 Å². The average Bonchev–Trinajstić information content (AvgIpc) is 3.28. The number of ketones is 1. The maximum atomic E-state index is 13.7. The van der Waals surface area contributed by atoms with Crippen LogP contribution in [0, 0.1) is 0 Å². The van der Waals surface area contributed by atoms with E-state index in [0.29, 0.717) is 24.0 Å². The van der Waals surface area contributed by atoms with Crippen LogP contribution in [0.25, 0.3) is 0 Å². The first-order valence-electron chi connectivity index (χ1n) is 20.6. The topological polar surface area (TPSA) is 215 Å². The third-order valence-corrected chi connectivity index (χ3v) is 18.3. The summed E-state index contributed by atoms with van der Waals surface area (Å²) in [5.41, 5.74) is 1.68. The number of carbonyl (C=O) groups excluding carboxylic acids is 4.